The second-order valence-electron chi connectivity index (χ2n) is 3.65. The number of carbonyl (C=O) groups is 1. The van der Waals surface area contributed by atoms with Crippen LogP contribution in [0.5, 0.6) is 0 Å². The lowest BCUT2D eigenvalue weighted by Crippen LogP contribution is -2.21. The summed E-state index contributed by atoms with van der Waals surface area (Å²) in [5.74, 6) is 0.847. The van der Waals surface area contributed by atoms with Crippen LogP contribution >= 0.6 is 0 Å². The average molecular weight is 220 g/mol. The zero-order valence-corrected chi connectivity index (χ0v) is 10.2. The summed E-state index contributed by atoms with van der Waals surface area (Å²) in [6.07, 6.45) is 1.27. The van der Waals surface area contributed by atoms with E-state index in [0.717, 1.165) is 6.42 Å². The lowest BCUT2D eigenvalue weighted by atomic mass is 10.2. The fraction of sp³-hybridized carbons (Fsp3) is 0.900. The van der Waals surface area contributed by atoms with Gasteiger partial charge in [0.15, 0.2) is 0 Å². The highest BCUT2D eigenvalue weighted by molar-refractivity contribution is 7.85. The first kappa shape index (κ1) is 13.6. The number of esters is 1. The summed E-state index contributed by atoms with van der Waals surface area (Å²) in [5, 5.41) is -0.101. The van der Waals surface area contributed by atoms with Gasteiger partial charge in [0, 0.05) is 21.8 Å². The predicted octanol–water partition coefficient (Wildman–Crippen LogP) is 1.73. The second-order valence-corrected chi connectivity index (χ2v) is 5.55. The van der Waals surface area contributed by atoms with Gasteiger partial charge in [-0.2, -0.15) is 0 Å². The van der Waals surface area contributed by atoms with Crippen molar-refractivity contribution in [2.45, 2.75) is 38.9 Å². The quantitative estimate of drug-likeness (QED) is 0.640. The number of methoxy groups -OCH3 is 1. The van der Waals surface area contributed by atoms with Gasteiger partial charge in [-0.25, -0.2) is 0 Å². The largest absolute Gasteiger partial charge is 0.469 e. The summed E-state index contributed by atoms with van der Waals surface area (Å²) >= 11 is 0. The van der Waals surface area contributed by atoms with E-state index in [9.17, 15) is 9.00 Å². The molecule has 0 aromatic rings. The lowest BCUT2D eigenvalue weighted by molar-refractivity contribution is -0.140. The molecule has 0 aromatic heterocycles. The second kappa shape index (κ2) is 6.98. The maximum absolute atomic E-state index is 11.7. The van der Waals surface area contributed by atoms with E-state index in [0.29, 0.717) is 11.7 Å². The van der Waals surface area contributed by atoms with Crippen LogP contribution in [0.1, 0.15) is 33.6 Å². The maximum atomic E-state index is 11.7. The molecule has 3 atom stereocenters. The van der Waals surface area contributed by atoms with E-state index in [1.54, 1.807) is 0 Å². The average Bonchev–Trinajstić information content (AvgIpc) is 2.17. The van der Waals surface area contributed by atoms with Crippen LogP contribution in [0.3, 0.4) is 0 Å². The summed E-state index contributed by atoms with van der Waals surface area (Å²) in [6, 6.07) is 0. The molecule has 0 rings (SSSR count). The molecule has 0 heterocycles. The van der Waals surface area contributed by atoms with Gasteiger partial charge in [-0.1, -0.05) is 27.2 Å². The normalized spacial score (nSPS) is 17.1. The van der Waals surface area contributed by atoms with E-state index in [1.807, 2.05) is 6.92 Å². The molecule has 3 unspecified atom stereocenters. The summed E-state index contributed by atoms with van der Waals surface area (Å²) in [5.41, 5.74) is 0. The first-order chi connectivity index (χ1) is 6.51. The summed E-state index contributed by atoms with van der Waals surface area (Å²) in [6.45, 7) is 5.98. The third-order valence-corrected chi connectivity index (χ3v) is 4.24. The van der Waals surface area contributed by atoms with Gasteiger partial charge in [-0.3, -0.25) is 9.00 Å². The molecule has 4 heteroatoms. The molecule has 0 aliphatic carbocycles. The zero-order valence-electron chi connectivity index (χ0n) is 9.41. The van der Waals surface area contributed by atoms with Crippen LogP contribution in [0.15, 0.2) is 0 Å². The van der Waals surface area contributed by atoms with Gasteiger partial charge in [0.2, 0.25) is 0 Å². The lowest BCUT2D eigenvalue weighted by Gasteiger charge is -2.13. The smallest absolute Gasteiger partial charge is 0.306 e. The molecule has 84 valence electrons. The third kappa shape index (κ3) is 5.37. The highest BCUT2D eigenvalue weighted by Gasteiger charge is 2.17. The maximum Gasteiger partial charge on any atom is 0.306 e. The predicted molar refractivity (Wildman–Crippen MR) is 58.6 cm³/mol. The van der Waals surface area contributed by atoms with Gasteiger partial charge in [-0.15, -0.1) is 0 Å². The van der Waals surface area contributed by atoms with Crippen molar-refractivity contribution >= 4 is 16.8 Å². The SMILES string of the molecule is CCC(C)CS(=O)C(C)CC(=O)OC. The molecule has 0 aliphatic heterocycles. The zero-order chi connectivity index (χ0) is 11.1. The van der Waals surface area contributed by atoms with E-state index >= 15 is 0 Å². The van der Waals surface area contributed by atoms with Crippen LogP contribution < -0.4 is 0 Å². The van der Waals surface area contributed by atoms with Crippen LogP contribution in [0.4, 0.5) is 0 Å². The molecule has 0 saturated carbocycles. The molecule has 3 nitrogen and oxygen atoms in total. The number of carbonyl (C=O) groups excluding carboxylic acids is 1. The van der Waals surface area contributed by atoms with E-state index < -0.39 is 10.8 Å². The fourth-order valence-corrected chi connectivity index (χ4v) is 2.42. The number of hydrogen-bond donors (Lipinski definition) is 0. The van der Waals surface area contributed by atoms with Crippen molar-refractivity contribution in [1.29, 1.82) is 0 Å². The van der Waals surface area contributed by atoms with Crippen molar-refractivity contribution in [3.8, 4) is 0 Å². The number of ether oxygens (including phenoxy) is 1. The Balaban J connectivity index is 3.93. The van der Waals surface area contributed by atoms with Crippen LogP contribution in [0, 0.1) is 5.92 Å². The van der Waals surface area contributed by atoms with Crippen LogP contribution in [0.2, 0.25) is 0 Å². The van der Waals surface area contributed by atoms with Crippen molar-refractivity contribution < 1.29 is 13.7 Å². The van der Waals surface area contributed by atoms with E-state index in [1.165, 1.54) is 7.11 Å². The Labute approximate surface area is 88.7 Å². The molecule has 0 spiro atoms. The number of rotatable bonds is 6. The minimum atomic E-state index is -0.918. The van der Waals surface area contributed by atoms with Gasteiger partial charge in [0.05, 0.1) is 13.5 Å². The molecule has 0 N–H and O–H groups in total. The summed E-state index contributed by atoms with van der Waals surface area (Å²) in [4.78, 5) is 10.9. The highest BCUT2D eigenvalue weighted by atomic mass is 32.2. The van der Waals surface area contributed by atoms with E-state index in [4.69, 9.17) is 0 Å². The Morgan fingerprint density at radius 1 is 1.43 bits per heavy atom. The van der Waals surface area contributed by atoms with Crippen molar-refractivity contribution in [3.05, 3.63) is 0 Å². The molecule has 0 radical (unpaired) electrons. The first-order valence-electron chi connectivity index (χ1n) is 4.95. The fourth-order valence-electron chi connectivity index (χ4n) is 0.974. The van der Waals surface area contributed by atoms with Gasteiger partial charge in [0.1, 0.15) is 0 Å². The monoisotopic (exact) mass is 220 g/mol. The van der Waals surface area contributed by atoms with Crippen LogP contribution in [-0.4, -0.2) is 28.3 Å². The minimum absolute atomic E-state index is 0.101. The Bertz CT molecular complexity index is 204. The third-order valence-electron chi connectivity index (χ3n) is 2.28. The summed E-state index contributed by atoms with van der Waals surface area (Å²) in [7, 11) is 0.436. The Kier molecular flexibility index (Phi) is 6.79. The van der Waals surface area contributed by atoms with Gasteiger partial charge < -0.3 is 4.74 Å². The topological polar surface area (TPSA) is 43.4 Å². The van der Waals surface area contributed by atoms with Crippen molar-refractivity contribution in [1.82, 2.24) is 0 Å². The first-order valence-corrected chi connectivity index (χ1v) is 6.33. The van der Waals surface area contributed by atoms with Crippen LogP contribution in [0.25, 0.3) is 0 Å². The molecule has 0 aromatic carbocycles. The van der Waals surface area contributed by atoms with Crippen molar-refractivity contribution in [2.75, 3.05) is 12.9 Å². The molecule has 0 bridgehead atoms. The Morgan fingerprint density at radius 2 is 2.00 bits per heavy atom. The standard InChI is InChI=1S/C10H20O3S/c1-5-8(2)7-14(12)9(3)6-10(11)13-4/h8-9H,5-7H2,1-4H3. The Morgan fingerprint density at radius 3 is 2.43 bits per heavy atom. The summed E-state index contributed by atoms with van der Waals surface area (Å²) < 4.78 is 16.2. The molecule has 0 aliphatic rings. The number of hydrogen-bond acceptors (Lipinski definition) is 3. The molecule has 0 amide bonds. The van der Waals surface area contributed by atoms with Gasteiger partial charge in [-0.05, 0) is 5.92 Å². The Hall–Kier alpha value is -0.380. The molecule has 0 fully saturated rings. The van der Waals surface area contributed by atoms with E-state index in [-0.39, 0.29) is 17.6 Å². The van der Waals surface area contributed by atoms with Gasteiger partial charge >= 0.3 is 5.97 Å². The van der Waals surface area contributed by atoms with E-state index in [2.05, 4.69) is 18.6 Å². The van der Waals surface area contributed by atoms with Crippen molar-refractivity contribution in [3.63, 3.8) is 0 Å². The minimum Gasteiger partial charge on any atom is -0.469 e. The molecule has 14 heavy (non-hydrogen) atoms. The van der Waals surface area contributed by atoms with Gasteiger partial charge in [0.25, 0.3) is 0 Å². The molecule has 0 saturated heterocycles. The van der Waals surface area contributed by atoms with Crippen LogP contribution in [-0.2, 0) is 20.3 Å². The molecular formula is C10H20O3S. The van der Waals surface area contributed by atoms with Crippen molar-refractivity contribution in [2.24, 2.45) is 5.92 Å². The molecular weight excluding hydrogens is 200 g/mol. The highest BCUT2D eigenvalue weighted by Crippen LogP contribution is 2.09.